The molecule has 29 heteroatoms. The number of carboxylic acid groups (broad SMARTS) is 4. The number of aromatic hydroxyl groups is 2. The number of amides is 2. The Morgan fingerprint density at radius 3 is 1.35 bits per heavy atom. The molecule has 0 aliphatic carbocycles. The van der Waals surface area contributed by atoms with Gasteiger partial charge in [-0.25, -0.2) is 0 Å². The SMILES string of the molecule is CC(C)(C)OCCOCCOCCOc1cc(CNC(=O)CN(CCN(CCN(CC(=O)[O-])CC(=O)[O-])CC(=O)[O-])CC(=O)[O-])cc(OCCOCCOCCOC(C)(C)C)c1OC(=O)CCC(=O)NCCc1ccc(O)c(O)c1.[Gd+3].[Na+]. The number of hydrogen-bond donors (Lipinski definition) is 4. The van der Waals surface area contributed by atoms with Gasteiger partial charge in [-0.15, -0.1) is 0 Å². The summed E-state index contributed by atoms with van der Waals surface area (Å²) >= 11 is 0. The van der Waals surface area contributed by atoms with E-state index in [4.69, 9.17) is 42.6 Å². The molecule has 2 rings (SSSR count). The Bertz CT molecular complexity index is 2160. The predicted molar refractivity (Wildman–Crippen MR) is 275 cm³/mol. The summed E-state index contributed by atoms with van der Waals surface area (Å²) in [5.41, 5.74) is 0.346. The van der Waals surface area contributed by atoms with Gasteiger partial charge in [-0.3, -0.25) is 29.1 Å². The molecule has 457 valence electrons. The van der Waals surface area contributed by atoms with Gasteiger partial charge in [-0.2, -0.15) is 0 Å². The van der Waals surface area contributed by atoms with E-state index in [1.807, 2.05) is 41.5 Å². The van der Waals surface area contributed by atoms with Gasteiger partial charge in [0, 0.05) is 71.9 Å². The number of ether oxygens (including phenoxy) is 9. The second kappa shape index (κ2) is 43.5. The number of rotatable bonds is 45. The van der Waals surface area contributed by atoms with Crippen LogP contribution >= 0.6 is 0 Å². The summed E-state index contributed by atoms with van der Waals surface area (Å²) in [6.45, 7) is 9.34. The van der Waals surface area contributed by atoms with E-state index in [0.29, 0.717) is 44.0 Å². The van der Waals surface area contributed by atoms with Crippen molar-refractivity contribution in [2.75, 3.05) is 145 Å². The van der Waals surface area contributed by atoms with E-state index >= 15 is 0 Å². The molecule has 0 saturated heterocycles. The van der Waals surface area contributed by atoms with Gasteiger partial charge < -0.3 is 103 Å². The molecule has 0 saturated carbocycles. The molecule has 0 aliphatic heterocycles. The zero-order valence-electron chi connectivity index (χ0n) is 48.0. The molecular weight excluding hydrogens is 1240 g/mol. The van der Waals surface area contributed by atoms with Gasteiger partial charge in [0.2, 0.25) is 17.6 Å². The number of nitrogens with one attached hydrogen (secondary N) is 2. The molecule has 0 bridgehead atoms. The molecule has 82 heavy (non-hydrogen) atoms. The van der Waals surface area contributed by atoms with Crippen LogP contribution in [0.3, 0.4) is 0 Å². The number of carboxylic acids is 4. The van der Waals surface area contributed by atoms with Gasteiger partial charge in [-0.05, 0) is 83.4 Å². The van der Waals surface area contributed by atoms with Crippen LogP contribution in [-0.4, -0.2) is 223 Å². The van der Waals surface area contributed by atoms with Crippen molar-refractivity contribution in [1.29, 1.82) is 0 Å². The van der Waals surface area contributed by atoms with Gasteiger partial charge in [-0.1, -0.05) is 6.07 Å². The van der Waals surface area contributed by atoms with E-state index in [0.717, 1.165) is 9.80 Å². The molecule has 0 unspecified atom stereocenters. The quantitative estimate of drug-likeness (QED) is 0.0157. The van der Waals surface area contributed by atoms with Crippen molar-refractivity contribution in [3.8, 4) is 28.7 Å². The van der Waals surface area contributed by atoms with E-state index in [1.165, 1.54) is 29.2 Å². The Hall–Kier alpha value is -4.11. The molecule has 1 radical (unpaired) electrons. The van der Waals surface area contributed by atoms with Crippen LogP contribution in [0.2, 0.25) is 0 Å². The summed E-state index contributed by atoms with van der Waals surface area (Å²) < 4.78 is 51.8. The number of carbonyl (C=O) groups is 7. The van der Waals surface area contributed by atoms with Crippen LogP contribution in [0.1, 0.15) is 65.5 Å². The number of aliphatic carboxylic acids is 4. The normalized spacial score (nSPS) is 11.4. The zero-order valence-corrected chi connectivity index (χ0v) is 52.3. The monoisotopic (exact) mass is 1320 g/mol. The number of phenolic OH excluding ortho intramolecular Hbond substituents is 2. The van der Waals surface area contributed by atoms with Crippen molar-refractivity contribution in [3.05, 3.63) is 41.5 Å². The summed E-state index contributed by atoms with van der Waals surface area (Å²) in [4.78, 5) is 88.7. The first kappa shape index (κ1) is 77.9. The Morgan fingerprint density at radius 2 is 0.915 bits per heavy atom. The summed E-state index contributed by atoms with van der Waals surface area (Å²) in [6.07, 6.45) is -0.334. The van der Waals surface area contributed by atoms with Crippen LogP contribution < -0.4 is 74.8 Å². The number of nitrogens with zero attached hydrogens (tertiary/aromatic N) is 3. The summed E-state index contributed by atoms with van der Waals surface area (Å²) in [7, 11) is 0. The minimum absolute atomic E-state index is 0. The van der Waals surface area contributed by atoms with Crippen LogP contribution in [0.5, 0.6) is 28.7 Å². The Balaban J connectivity index is 0.0000328. The third kappa shape index (κ3) is 40.2. The number of carbonyl (C=O) groups excluding carboxylic acids is 7. The average molecular weight is 1320 g/mol. The number of phenols is 2. The standard InChI is InChI=1S/C53H83N5O22.Gd.Na/c1-52(2,3)78-27-23-74-19-17-72-21-25-76-42-30-39(32-55-45(62)33-57(35-47(65)66)15-13-56(34-46(63)64)14-16-58(36-48(67)68)37-49(69)70)31-43(77-26-22-73-18-20-75-24-28-79-53(4,5)6)51(42)80-50(71)10-9-44(61)54-12-11-38-7-8-40(59)41(60)29-38;;/h7-8,29-31,59-60H,9-28,32-37H2,1-6H3,(H,54,61)(H,55,62)(H,63,64)(H,65,66)(H,67,68)(H,69,70);;/q;+3;+1/p-4. The maximum absolute atomic E-state index is 13.5. The summed E-state index contributed by atoms with van der Waals surface area (Å²) in [6, 6.07) is 7.19. The van der Waals surface area contributed by atoms with E-state index in [-0.39, 0.29) is 214 Å². The smallest absolute Gasteiger partial charge is 0.549 e. The second-order valence-electron chi connectivity index (χ2n) is 19.8. The molecule has 0 aromatic heterocycles. The van der Waals surface area contributed by atoms with E-state index in [1.54, 1.807) is 6.07 Å². The maximum atomic E-state index is 13.5. The summed E-state index contributed by atoms with van der Waals surface area (Å²) in [5, 5.41) is 70.4. The Labute approximate surface area is 532 Å². The molecular formula is C53H79GdN5NaO22. The fourth-order valence-corrected chi connectivity index (χ4v) is 6.92. The first-order valence-electron chi connectivity index (χ1n) is 26.0. The van der Waals surface area contributed by atoms with E-state index in [9.17, 15) is 64.2 Å². The number of esters is 1. The summed E-state index contributed by atoms with van der Waals surface area (Å²) in [5.74, 6) is -9.13. The fourth-order valence-electron chi connectivity index (χ4n) is 6.92. The van der Waals surface area contributed by atoms with Crippen molar-refractivity contribution in [2.45, 2.75) is 78.6 Å². The van der Waals surface area contributed by atoms with Crippen LogP contribution in [0.4, 0.5) is 0 Å². The van der Waals surface area contributed by atoms with Crippen molar-refractivity contribution < 1.29 is 176 Å². The molecule has 2 aromatic carbocycles. The van der Waals surface area contributed by atoms with Gasteiger partial charge in [0.05, 0.1) is 114 Å². The molecule has 4 N–H and O–H groups in total. The first-order chi connectivity index (χ1) is 37.8. The fraction of sp³-hybridized carbons (Fsp3) is 0.642. The molecule has 0 aliphatic rings. The first-order valence-corrected chi connectivity index (χ1v) is 26.0. The van der Waals surface area contributed by atoms with Crippen molar-refractivity contribution in [1.82, 2.24) is 25.3 Å². The molecule has 2 amide bonds. The topological polar surface area (TPSA) is 369 Å². The molecule has 27 nitrogen and oxygen atoms in total. The molecule has 0 atom stereocenters. The third-order valence-corrected chi connectivity index (χ3v) is 10.6. The van der Waals surface area contributed by atoms with Crippen LogP contribution in [-0.2, 0) is 74.9 Å². The van der Waals surface area contributed by atoms with Crippen molar-refractivity contribution in [2.24, 2.45) is 0 Å². The molecule has 0 heterocycles. The maximum Gasteiger partial charge on any atom is 3.00 e. The Kier molecular flexibility index (Phi) is 41.3. The second-order valence-corrected chi connectivity index (χ2v) is 19.8. The predicted octanol–water partition coefficient (Wildman–Crippen LogP) is -6.88. The largest absolute Gasteiger partial charge is 3.00 e. The zero-order chi connectivity index (χ0) is 59.5. The number of benzene rings is 2. The van der Waals surface area contributed by atoms with Crippen LogP contribution in [0.15, 0.2) is 30.3 Å². The molecule has 0 fully saturated rings. The van der Waals surface area contributed by atoms with Gasteiger partial charge >= 0.3 is 75.5 Å². The molecule has 2 aromatic rings. The average Bonchev–Trinajstić information content (AvgIpc) is 3.35. The molecule has 0 spiro atoms. The van der Waals surface area contributed by atoms with Crippen LogP contribution in [0, 0.1) is 39.9 Å². The van der Waals surface area contributed by atoms with Crippen LogP contribution in [0.25, 0.3) is 0 Å². The van der Waals surface area contributed by atoms with Gasteiger partial charge in [0.25, 0.3) is 0 Å². The Morgan fingerprint density at radius 1 is 0.500 bits per heavy atom. The van der Waals surface area contributed by atoms with Crippen molar-refractivity contribution >= 4 is 41.7 Å². The van der Waals surface area contributed by atoms with Crippen molar-refractivity contribution in [3.63, 3.8) is 0 Å². The van der Waals surface area contributed by atoms with Gasteiger partial charge in [0.15, 0.2) is 23.0 Å². The number of hydrogen-bond acceptors (Lipinski definition) is 25. The van der Waals surface area contributed by atoms with E-state index < -0.39 is 74.4 Å². The van der Waals surface area contributed by atoms with E-state index in [2.05, 4.69) is 10.6 Å². The minimum atomic E-state index is -1.59. The minimum Gasteiger partial charge on any atom is -0.549 e. The third-order valence-electron chi connectivity index (χ3n) is 10.6. The van der Waals surface area contributed by atoms with Gasteiger partial charge in [0.1, 0.15) is 13.2 Å².